The van der Waals surface area contributed by atoms with Crippen LogP contribution in [0, 0.1) is 0 Å². The zero-order valence-corrected chi connectivity index (χ0v) is 20.7. The number of rotatable bonds is 5. The van der Waals surface area contributed by atoms with Crippen molar-refractivity contribution in [3.8, 4) is 37.8 Å². The molecular weight excluding hydrogens is 432 g/mol. The first kappa shape index (κ1) is 21.2. The largest absolute Gasteiger partial charge is 0.497 e. The van der Waals surface area contributed by atoms with Crippen molar-refractivity contribution in [2.45, 2.75) is 32.1 Å². The number of fused-ring (bicyclic) bond motifs is 4. The van der Waals surface area contributed by atoms with E-state index in [1.807, 2.05) is 23.5 Å². The van der Waals surface area contributed by atoms with Gasteiger partial charge < -0.3 is 4.74 Å². The predicted octanol–water partition coefficient (Wildman–Crippen LogP) is 9.33. The molecule has 0 aliphatic heterocycles. The van der Waals surface area contributed by atoms with E-state index in [0.29, 0.717) is 0 Å². The second-order valence-corrected chi connectivity index (χ2v) is 10.2. The monoisotopic (exact) mass is 460 g/mol. The quantitative estimate of drug-likeness (QED) is 0.254. The Balaban J connectivity index is 1.55. The van der Waals surface area contributed by atoms with Gasteiger partial charge in [-0.2, -0.15) is 0 Å². The molecule has 0 saturated heterocycles. The zero-order valence-electron chi connectivity index (χ0n) is 19.9. The number of benzene rings is 4. The van der Waals surface area contributed by atoms with Crippen molar-refractivity contribution in [1.82, 2.24) is 0 Å². The maximum Gasteiger partial charge on any atom is 0.118 e. The third kappa shape index (κ3) is 2.98. The van der Waals surface area contributed by atoms with Crippen LogP contribution >= 0.6 is 11.3 Å². The van der Waals surface area contributed by atoms with Crippen LogP contribution in [0.3, 0.4) is 0 Å². The van der Waals surface area contributed by atoms with Gasteiger partial charge in [-0.25, -0.2) is 0 Å². The lowest BCUT2D eigenvalue weighted by Gasteiger charge is -2.29. The fourth-order valence-corrected chi connectivity index (χ4v) is 7.15. The third-order valence-corrected chi connectivity index (χ3v) is 9.03. The molecule has 2 heteroatoms. The molecule has 0 N–H and O–H groups in total. The normalized spacial score (nSPS) is 13.6. The van der Waals surface area contributed by atoms with Crippen LogP contribution in [-0.4, -0.2) is 7.11 Å². The van der Waals surface area contributed by atoms with Gasteiger partial charge in [0, 0.05) is 25.9 Å². The van der Waals surface area contributed by atoms with Crippen molar-refractivity contribution >= 4 is 22.1 Å². The summed E-state index contributed by atoms with van der Waals surface area (Å²) in [5.74, 6) is 0.887. The van der Waals surface area contributed by atoms with E-state index < -0.39 is 0 Å². The molecular formula is C32H28OS. The summed E-state index contributed by atoms with van der Waals surface area (Å²) in [6.45, 7) is 4.68. The van der Waals surface area contributed by atoms with Gasteiger partial charge in [0.2, 0.25) is 0 Å². The summed E-state index contributed by atoms with van der Waals surface area (Å²) >= 11 is 1.90. The van der Waals surface area contributed by atoms with Gasteiger partial charge in [0.25, 0.3) is 0 Å². The third-order valence-electron chi connectivity index (χ3n) is 7.71. The van der Waals surface area contributed by atoms with Crippen LogP contribution in [0.25, 0.3) is 42.8 Å². The summed E-state index contributed by atoms with van der Waals surface area (Å²) in [6.07, 6.45) is 2.22. The van der Waals surface area contributed by atoms with E-state index in [2.05, 4.69) is 92.7 Å². The zero-order chi connectivity index (χ0) is 23.3. The minimum atomic E-state index is 0.0911. The van der Waals surface area contributed by atoms with Crippen LogP contribution in [0.15, 0.2) is 91.0 Å². The smallest absolute Gasteiger partial charge is 0.118 e. The van der Waals surface area contributed by atoms with Gasteiger partial charge in [-0.1, -0.05) is 74.5 Å². The molecule has 1 aliphatic carbocycles. The van der Waals surface area contributed by atoms with Crippen LogP contribution in [0.5, 0.6) is 5.75 Å². The average molecular weight is 461 g/mol. The first-order chi connectivity index (χ1) is 16.7. The second-order valence-electron chi connectivity index (χ2n) is 9.13. The summed E-state index contributed by atoms with van der Waals surface area (Å²) in [4.78, 5) is 2.66. The van der Waals surface area contributed by atoms with Crippen LogP contribution in [-0.2, 0) is 5.41 Å². The molecule has 0 unspecified atom stereocenters. The summed E-state index contributed by atoms with van der Waals surface area (Å²) in [6, 6.07) is 33.4. The molecule has 0 saturated carbocycles. The molecule has 1 aliphatic rings. The first-order valence-electron chi connectivity index (χ1n) is 12.1. The molecule has 0 atom stereocenters. The summed E-state index contributed by atoms with van der Waals surface area (Å²) in [5.41, 5.74) is 8.43. The van der Waals surface area contributed by atoms with Crippen molar-refractivity contribution in [2.24, 2.45) is 0 Å². The molecule has 0 amide bonds. The van der Waals surface area contributed by atoms with Crippen molar-refractivity contribution in [3.05, 3.63) is 102 Å². The number of hydrogen-bond acceptors (Lipinski definition) is 2. The standard InChI is InChI=1S/C32H28OS/c1-4-32(5-2)28-13-9-8-10-24(28)25-19-16-22(20-29(25)32)31-27-12-7-6-11-26(27)30(34-31)21-14-17-23(33-3)18-15-21/h6-20H,4-5H2,1-3H3. The highest BCUT2D eigenvalue weighted by atomic mass is 32.1. The van der Waals surface area contributed by atoms with E-state index in [0.717, 1.165) is 18.6 Å². The predicted molar refractivity (Wildman–Crippen MR) is 146 cm³/mol. The molecule has 6 rings (SSSR count). The highest BCUT2D eigenvalue weighted by Crippen LogP contribution is 2.54. The van der Waals surface area contributed by atoms with Crippen molar-refractivity contribution in [1.29, 1.82) is 0 Å². The van der Waals surface area contributed by atoms with Crippen LogP contribution in [0.1, 0.15) is 37.8 Å². The Morgan fingerprint density at radius 1 is 0.647 bits per heavy atom. The molecule has 5 aromatic rings. The minimum absolute atomic E-state index is 0.0911. The number of methoxy groups -OCH3 is 1. The van der Waals surface area contributed by atoms with Gasteiger partial charge in [-0.3, -0.25) is 0 Å². The van der Waals surface area contributed by atoms with Crippen LogP contribution in [0.4, 0.5) is 0 Å². The van der Waals surface area contributed by atoms with Gasteiger partial charge in [0.05, 0.1) is 7.11 Å². The van der Waals surface area contributed by atoms with Gasteiger partial charge >= 0.3 is 0 Å². The number of thiophene rings is 1. The van der Waals surface area contributed by atoms with E-state index in [-0.39, 0.29) is 5.41 Å². The Morgan fingerprint density at radius 3 is 1.91 bits per heavy atom. The van der Waals surface area contributed by atoms with Gasteiger partial charge in [-0.05, 0) is 76.6 Å². The van der Waals surface area contributed by atoms with Crippen LogP contribution in [0.2, 0.25) is 0 Å². The lowest BCUT2D eigenvalue weighted by molar-refractivity contribution is 0.415. The highest BCUT2D eigenvalue weighted by Gasteiger charge is 2.40. The molecule has 34 heavy (non-hydrogen) atoms. The van der Waals surface area contributed by atoms with Crippen molar-refractivity contribution < 1.29 is 4.74 Å². The minimum Gasteiger partial charge on any atom is -0.497 e. The SMILES string of the molecule is CCC1(CC)c2ccccc2-c2ccc(-c3sc(-c4ccc(OC)cc4)c4ccccc34)cc21. The van der Waals surface area contributed by atoms with Gasteiger partial charge in [0.1, 0.15) is 5.75 Å². The van der Waals surface area contributed by atoms with Crippen molar-refractivity contribution in [3.63, 3.8) is 0 Å². The van der Waals surface area contributed by atoms with E-state index >= 15 is 0 Å². The van der Waals surface area contributed by atoms with E-state index in [1.165, 1.54) is 53.9 Å². The van der Waals surface area contributed by atoms with E-state index in [4.69, 9.17) is 4.74 Å². The van der Waals surface area contributed by atoms with E-state index in [9.17, 15) is 0 Å². The Morgan fingerprint density at radius 2 is 1.24 bits per heavy atom. The fraction of sp³-hybridized carbons (Fsp3) is 0.188. The maximum absolute atomic E-state index is 5.38. The Kier molecular flexibility index (Phi) is 5.08. The topological polar surface area (TPSA) is 9.23 Å². The second kappa shape index (κ2) is 8.14. The average Bonchev–Trinajstić information content (AvgIpc) is 3.42. The van der Waals surface area contributed by atoms with E-state index in [1.54, 1.807) is 7.11 Å². The lowest BCUT2D eigenvalue weighted by Crippen LogP contribution is -2.23. The summed E-state index contributed by atoms with van der Waals surface area (Å²) < 4.78 is 5.38. The molecule has 0 spiro atoms. The van der Waals surface area contributed by atoms with Crippen molar-refractivity contribution in [2.75, 3.05) is 7.11 Å². The molecule has 1 nitrogen and oxygen atoms in total. The molecule has 168 valence electrons. The fourth-order valence-electron chi connectivity index (χ4n) is 5.87. The molecule has 0 fully saturated rings. The van der Waals surface area contributed by atoms with Gasteiger partial charge in [0.15, 0.2) is 0 Å². The molecule has 0 bridgehead atoms. The molecule has 4 aromatic carbocycles. The Hall–Kier alpha value is -3.36. The highest BCUT2D eigenvalue weighted by molar-refractivity contribution is 7.21. The molecule has 1 aromatic heterocycles. The molecule has 0 radical (unpaired) electrons. The lowest BCUT2D eigenvalue weighted by atomic mass is 9.73. The summed E-state index contributed by atoms with van der Waals surface area (Å²) in [5, 5.41) is 2.64. The maximum atomic E-state index is 5.38. The number of hydrogen-bond donors (Lipinski definition) is 0. The first-order valence-corrected chi connectivity index (χ1v) is 12.9. The Labute approximate surface area is 205 Å². The Bertz CT molecular complexity index is 1500. The summed E-state index contributed by atoms with van der Waals surface area (Å²) in [7, 11) is 1.71. The van der Waals surface area contributed by atoms with Crippen LogP contribution < -0.4 is 4.74 Å². The van der Waals surface area contributed by atoms with Gasteiger partial charge in [-0.15, -0.1) is 11.3 Å². The number of ether oxygens (including phenoxy) is 1. The molecule has 1 heterocycles.